The first-order chi connectivity index (χ1) is 9.38. The first-order valence-corrected chi connectivity index (χ1v) is 6.18. The lowest BCUT2D eigenvalue weighted by molar-refractivity contribution is -0.452. The number of aliphatic hydroxyl groups excluding tert-OH is 1. The van der Waals surface area contributed by atoms with Gasteiger partial charge in [-0.05, 0) is 30.3 Å². The minimum absolute atomic E-state index is 0.00115. The summed E-state index contributed by atoms with van der Waals surface area (Å²) in [5.74, 6) is 0. The van der Waals surface area contributed by atoms with E-state index in [1.807, 2.05) is 42.5 Å². The van der Waals surface area contributed by atoms with Crippen LogP contribution in [0.15, 0.2) is 48.7 Å². The number of imidazole rings is 1. The van der Waals surface area contributed by atoms with Crippen molar-refractivity contribution < 1.29 is 9.51 Å². The van der Waals surface area contributed by atoms with Crippen molar-refractivity contribution in [2.45, 2.75) is 6.61 Å². The fraction of sp³-hybridized carbons (Fsp3) is 0.0667. The summed E-state index contributed by atoms with van der Waals surface area (Å²) < 4.78 is 2.07. The molecule has 0 saturated heterocycles. The molecule has 0 aliphatic carbocycles. The molecule has 0 saturated carbocycles. The van der Waals surface area contributed by atoms with Crippen LogP contribution in [0.3, 0.4) is 0 Å². The zero-order chi connectivity index (χ0) is 12.8. The normalized spacial score (nSPS) is 11.6. The Kier molecular flexibility index (Phi) is 2.07. The number of nitrogens with zero attached hydrogens (tertiary/aromatic N) is 2. The van der Waals surface area contributed by atoms with E-state index in [4.69, 9.17) is 0 Å². The van der Waals surface area contributed by atoms with Gasteiger partial charge in [0.05, 0.1) is 17.6 Å². The minimum atomic E-state index is 0.00115. The van der Waals surface area contributed by atoms with Gasteiger partial charge in [0.25, 0.3) is 5.65 Å². The first-order valence-electron chi connectivity index (χ1n) is 6.18. The number of H-pyrrole nitrogens is 1. The van der Waals surface area contributed by atoms with Gasteiger partial charge in [-0.2, -0.15) is 4.40 Å². The van der Waals surface area contributed by atoms with Gasteiger partial charge in [0.2, 0.25) is 5.65 Å². The molecule has 2 N–H and O–H groups in total. The van der Waals surface area contributed by atoms with Crippen LogP contribution in [0.1, 0.15) is 5.56 Å². The molecule has 3 aromatic heterocycles. The minimum Gasteiger partial charge on any atom is -0.391 e. The molecular weight excluding hydrogens is 238 g/mol. The Balaban J connectivity index is 2.36. The van der Waals surface area contributed by atoms with Gasteiger partial charge in [-0.1, -0.05) is 12.1 Å². The molecule has 0 fully saturated rings. The third-order valence-electron chi connectivity index (χ3n) is 3.45. The first kappa shape index (κ1) is 10.5. The Labute approximate surface area is 109 Å². The van der Waals surface area contributed by atoms with Crippen molar-refractivity contribution in [3.05, 3.63) is 54.2 Å². The highest BCUT2D eigenvalue weighted by atomic mass is 16.3. The van der Waals surface area contributed by atoms with E-state index in [1.54, 1.807) is 6.20 Å². The molecule has 0 aliphatic rings. The highest BCUT2D eigenvalue weighted by molar-refractivity contribution is 5.81. The van der Waals surface area contributed by atoms with Crippen LogP contribution in [-0.2, 0) is 6.61 Å². The van der Waals surface area contributed by atoms with Gasteiger partial charge in [0.15, 0.2) is 0 Å². The summed E-state index contributed by atoms with van der Waals surface area (Å²) in [6.45, 7) is 0.00115. The second kappa shape index (κ2) is 3.76. The van der Waals surface area contributed by atoms with Crippen LogP contribution in [0.2, 0.25) is 0 Å². The number of aliphatic hydroxyl groups is 1. The molecule has 0 aliphatic heterocycles. The molecule has 0 spiro atoms. The average Bonchev–Trinajstić information content (AvgIpc) is 2.86. The van der Waals surface area contributed by atoms with Gasteiger partial charge in [-0.3, -0.25) is 4.98 Å². The summed E-state index contributed by atoms with van der Waals surface area (Å²) in [5, 5.41) is 10.6. The van der Waals surface area contributed by atoms with Crippen molar-refractivity contribution in [2.24, 2.45) is 0 Å². The lowest BCUT2D eigenvalue weighted by Crippen LogP contribution is -2.23. The monoisotopic (exact) mass is 250 g/mol. The summed E-state index contributed by atoms with van der Waals surface area (Å²) >= 11 is 0. The van der Waals surface area contributed by atoms with E-state index < -0.39 is 0 Å². The van der Waals surface area contributed by atoms with Crippen LogP contribution in [0.4, 0.5) is 0 Å². The molecular formula is C15H12N3O+. The number of para-hydroxylation sites is 2. The highest BCUT2D eigenvalue weighted by Crippen LogP contribution is 2.18. The maximum Gasteiger partial charge on any atom is 0.275 e. The topological polar surface area (TPSA) is 53.0 Å². The lowest BCUT2D eigenvalue weighted by Gasteiger charge is -1.99. The number of rotatable bonds is 1. The van der Waals surface area contributed by atoms with Gasteiger partial charge in [-0.15, -0.1) is 4.98 Å². The van der Waals surface area contributed by atoms with Crippen molar-refractivity contribution >= 4 is 27.7 Å². The van der Waals surface area contributed by atoms with Crippen molar-refractivity contribution in [3.8, 4) is 0 Å². The maximum atomic E-state index is 9.57. The largest absolute Gasteiger partial charge is 0.391 e. The molecule has 4 rings (SSSR count). The van der Waals surface area contributed by atoms with Gasteiger partial charge in [0, 0.05) is 0 Å². The third-order valence-corrected chi connectivity index (χ3v) is 3.45. The fourth-order valence-corrected chi connectivity index (χ4v) is 2.61. The van der Waals surface area contributed by atoms with E-state index in [0.717, 1.165) is 33.3 Å². The lowest BCUT2D eigenvalue weighted by atomic mass is 10.2. The number of fused-ring (bicyclic) bond motifs is 5. The number of hydrogen-bond donors (Lipinski definition) is 2. The molecule has 3 heterocycles. The Bertz CT molecular complexity index is 911. The van der Waals surface area contributed by atoms with Crippen molar-refractivity contribution in [2.75, 3.05) is 0 Å². The van der Waals surface area contributed by atoms with Crippen LogP contribution >= 0.6 is 0 Å². The number of benzene rings is 1. The van der Waals surface area contributed by atoms with E-state index in [-0.39, 0.29) is 6.61 Å². The fourth-order valence-electron chi connectivity index (χ4n) is 2.61. The van der Waals surface area contributed by atoms with Gasteiger partial charge >= 0.3 is 0 Å². The number of hydrogen-bond acceptors (Lipinski definition) is 2. The standard InChI is InChI=1S/C15H11N3O/c19-9-11-8-10-4-3-7-16-14(10)18-13-6-2-1-5-12(13)17-15(11)18/h1-8,19H,9H2/p+1. The molecule has 0 radical (unpaired) electrons. The Morgan fingerprint density at radius 2 is 2.05 bits per heavy atom. The van der Waals surface area contributed by atoms with E-state index >= 15 is 0 Å². The Hall–Kier alpha value is -2.46. The van der Waals surface area contributed by atoms with Gasteiger partial charge < -0.3 is 5.11 Å². The molecule has 1 aromatic carbocycles. The Morgan fingerprint density at radius 3 is 2.95 bits per heavy atom. The Morgan fingerprint density at radius 1 is 1.16 bits per heavy atom. The third kappa shape index (κ3) is 1.37. The second-order valence-electron chi connectivity index (χ2n) is 4.57. The zero-order valence-corrected chi connectivity index (χ0v) is 10.2. The number of nitrogens with one attached hydrogen (secondary N) is 1. The molecule has 19 heavy (non-hydrogen) atoms. The number of aromatic amines is 1. The molecule has 4 nitrogen and oxygen atoms in total. The van der Waals surface area contributed by atoms with Crippen LogP contribution in [0.25, 0.3) is 27.7 Å². The molecule has 0 atom stereocenters. The van der Waals surface area contributed by atoms with Crippen LogP contribution in [-0.4, -0.2) is 15.1 Å². The second-order valence-corrected chi connectivity index (χ2v) is 4.57. The smallest absolute Gasteiger partial charge is 0.275 e. The molecule has 0 unspecified atom stereocenters. The molecule has 0 bridgehead atoms. The van der Waals surface area contributed by atoms with Crippen molar-refractivity contribution in [3.63, 3.8) is 0 Å². The van der Waals surface area contributed by atoms with Crippen molar-refractivity contribution in [1.82, 2.24) is 9.97 Å². The SMILES string of the molecule is OCc1cc2cccnc2[n+]2c1[nH]c1ccccc12. The quantitative estimate of drug-likeness (QED) is 0.507. The van der Waals surface area contributed by atoms with Gasteiger partial charge in [0.1, 0.15) is 17.2 Å². The molecule has 92 valence electrons. The van der Waals surface area contributed by atoms with Gasteiger partial charge in [-0.25, -0.2) is 0 Å². The average molecular weight is 250 g/mol. The van der Waals surface area contributed by atoms with E-state index in [9.17, 15) is 5.11 Å². The number of aromatic nitrogens is 3. The molecule has 4 heteroatoms. The summed E-state index contributed by atoms with van der Waals surface area (Å²) in [6, 6.07) is 14.0. The summed E-state index contributed by atoms with van der Waals surface area (Å²) in [6.07, 6.45) is 1.79. The van der Waals surface area contributed by atoms with Crippen LogP contribution < -0.4 is 4.40 Å². The van der Waals surface area contributed by atoms with E-state index in [1.165, 1.54) is 0 Å². The summed E-state index contributed by atoms with van der Waals surface area (Å²) in [5.41, 5.74) is 4.77. The van der Waals surface area contributed by atoms with E-state index in [2.05, 4.69) is 14.4 Å². The van der Waals surface area contributed by atoms with Crippen molar-refractivity contribution in [1.29, 1.82) is 0 Å². The molecule has 4 aromatic rings. The van der Waals surface area contributed by atoms with Crippen LogP contribution in [0.5, 0.6) is 0 Å². The predicted molar refractivity (Wildman–Crippen MR) is 72.7 cm³/mol. The zero-order valence-electron chi connectivity index (χ0n) is 10.2. The van der Waals surface area contributed by atoms with E-state index in [0.29, 0.717) is 0 Å². The molecule has 0 amide bonds. The number of pyridine rings is 2. The highest BCUT2D eigenvalue weighted by Gasteiger charge is 2.17. The predicted octanol–water partition coefficient (Wildman–Crippen LogP) is 1.95. The maximum absolute atomic E-state index is 9.57. The van der Waals surface area contributed by atoms with Crippen LogP contribution in [0, 0.1) is 0 Å². The summed E-state index contributed by atoms with van der Waals surface area (Å²) in [7, 11) is 0. The summed E-state index contributed by atoms with van der Waals surface area (Å²) in [4.78, 5) is 7.82.